The number of fused-ring (bicyclic) bond motifs is 2. The van der Waals surface area contributed by atoms with E-state index in [0.717, 1.165) is 19.3 Å². The smallest absolute Gasteiger partial charge is 0.406 e. The van der Waals surface area contributed by atoms with Crippen LogP contribution >= 0.6 is 0 Å². The molecule has 2 bridgehead atoms. The Bertz CT molecular complexity index is 506. The van der Waals surface area contributed by atoms with Gasteiger partial charge in [0.05, 0.1) is 5.60 Å². The lowest BCUT2D eigenvalue weighted by atomic mass is 9.74. The van der Waals surface area contributed by atoms with E-state index in [1.165, 1.54) is 18.2 Å². The van der Waals surface area contributed by atoms with Gasteiger partial charge in [-0.3, -0.25) is 0 Å². The van der Waals surface area contributed by atoms with Gasteiger partial charge in [0.1, 0.15) is 5.75 Å². The number of piperidine rings is 2. The topological polar surface area (TPSA) is 41.5 Å². The van der Waals surface area contributed by atoms with Crippen LogP contribution in [0.5, 0.6) is 5.75 Å². The lowest BCUT2D eigenvalue weighted by Gasteiger charge is -2.45. The summed E-state index contributed by atoms with van der Waals surface area (Å²) in [4.78, 5) is 0. The summed E-state index contributed by atoms with van der Waals surface area (Å²) in [6.45, 7) is 0. The fourth-order valence-electron chi connectivity index (χ4n) is 3.55. The number of hydrogen-bond donors (Lipinski definition) is 2. The third-order valence-corrected chi connectivity index (χ3v) is 4.35. The van der Waals surface area contributed by atoms with Gasteiger partial charge in [0.25, 0.3) is 0 Å². The van der Waals surface area contributed by atoms with E-state index in [1.54, 1.807) is 6.07 Å². The Hall–Kier alpha value is -1.27. The Morgan fingerprint density at radius 3 is 2.48 bits per heavy atom. The average Bonchev–Trinajstić information content (AvgIpc) is 2.36. The minimum absolute atomic E-state index is 0.231. The predicted octanol–water partition coefficient (Wildman–Crippen LogP) is 3.08. The molecule has 3 rings (SSSR count). The highest BCUT2D eigenvalue weighted by molar-refractivity contribution is 5.33. The van der Waals surface area contributed by atoms with Gasteiger partial charge in [0, 0.05) is 12.1 Å². The number of halogens is 3. The molecular formula is C15H18F3NO2. The van der Waals surface area contributed by atoms with Crippen LogP contribution in [0.25, 0.3) is 0 Å². The van der Waals surface area contributed by atoms with E-state index in [1.807, 2.05) is 0 Å². The van der Waals surface area contributed by atoms with E-state index in [-0.39, 0.29) is 17.8 Å². The van der Waals surface area contributed by atoms with Gasteiger partial charge >= 0.3 is 6.36 Å². The third-order valence-electron chi connectivity index (χ3n) is 4.35. The van der Waals surface area contributed by atoms with Crippen molar-refractivity contribution in [3.8, 4) is 5.75 Å². The number of alkyl halides is 3. The van der Waals surface area contributed by atoms with Crippen molar-refractivity contribution in [3.63, 3.8) is 0 Å². The summed E-state index contributed by atoms with van der Waals surface area (Å²) in [5, 5.41) is 14.4. The summed E-state index contributed by atoms with van der Waals surface area (Å²) in [5.41, 5.74) is -0.575. The molecule has 21 heavy (non-hydrogen) atoms. The summed E-state index contributed by atoms with van der Waals surface area (Å²) in [6, 6.07) is 6.18. The summed E-state index contributed by atoms with van der Waals surface area (Å²) < 4.78 is 40.9. The molecule has 2 unspecified atom stereocenters. The van der Waals surface area contributed by atoms with E-state index in [4.69, 9.17) is 0 Å². The minimum atomic E-state index is -4.72. The van der Waals surface area contributed by atoms with E-state index < -0.39 is 12.0 Å². The Morgan fingerprint density at radius 1 is 1.19 bits per heavy atom. The van der Waals surface area contributed by atoms with Crippen molar-refractivity contribution < 1.29 is 23.0 Å². The second kappa shape index (κ2) is 5.18. The number of nitrogens with one attached hydrogen (secondary N) is 1. The van der Waals surface area contributed by atoms with Crippen LogP contribution in [0.2, 0.25) is 0 Å². The van der Waals surface area contributed by atoms with Gasteiger partial charge in [-0.05, 0) is 43.4 Å². The van der Waals surface area contributed by atoms with Gasteiger partial charge in [0.15, 0.2) is 0 Å². The van der Waals surface area contributed by atoms with Crippen molar-refractivity contribution in [1.29, 1.82) is 0 Å². The third kappa shape index (κ3) is 3.32. The number of hydrogen-bond acceptors (Lipinski definition) is 3. The van der Waals surface area contributed by atoms with Crippen LogP contribution in [0.3, 0.4) is 0 Å². The molecule has 0 saturated carbocycles. The Labute approximate surface area is 121 Å². The summed E-state index contributed by atoms with van der Waals surface area (Å²) >= 11 is 0. The quantitative estimate of drug-likeness (QED) is 0.882. The molecule has 1 aromatic rings. The lowest BCUT2D eigenvalue weighted by molar-refractivity contribution is -0.274. The van der Waals surface area contributed by atoms with E-state index in [9.17, 15) is 18.3 Å². The monoisotopic (exact) mass is 301 g/mol. The summed E-state index contributed by atoms with van der Waals surface area (Å²) in [7, 11) is 0. The molecule has 2 saturated heterocycles. The van der Waals surface area contributed by atoms with Crippen LogP contribution in [0.15, 0.2) is 24.3 Å². The van der Waals surface area contributed by atoms with Gasteiger partial charge < -0.3 is 15.2 Å². The maximum absolute atomic E-state index is 12.3. The standard InChI is InChI=1S/C15H18F3NO2/c16-15(17,18)21-13-6-1-3-10(7-13)14(20)8-11-4-2-5-12(9-14)19-11/h1,3,6-7,11-12,19-20H,2,4-5,8-9H2. The molecule has 0 radical (unpaired) electrons. The van der Waals surface area contributed by atoms with E-state index in [2.05, 4.69) is 10.1 Å². The van der Waals surface area contributed by atoms with Crippen molar-refractivity contribution in [2.45, 2.75) is 56.2 Å². The number of benzene rings is 1. The van der Waals surface area contributed by atoms with Crippen molar-refractivity contribution in [2.24, 2.45) is 0 Å². The van der Waals surface area contributed by atoms with E-state index in [0.29, 0.717) is 18.4 Å². The second-order valence-electron chi connectivity index (χ2n) is 6.01. The van der Waals surface area contributed by atoms with Crippen LogP contribution < -0.4 is 10.1 Å². The zero-order valence-electron chi connectivity index (χ0n) is 11.5. The average molecular weight is 301 g/mol. The molecule has 6 heteroatoms. The van der Waals surface area contributed by atoms with E-state index >= 15 is 0 Å². The first kappa shape index (κ1) is 14.7. The molecule has 0 amide bonds. The number of ether oxygens (including phenoxy) is 1. The number of rotatable bonds is 2. The van der Waals surface area contributed by atoms with Crippen molar-refractivity contribution >= 4 is 0 Å². The fraction of sp³-hybridized carbons (Fsp3) is 0.600. The Balaban J connectivity index is 1.84. The first-order valence-corrected chi connectivity index (χ1v) is 7.19. The van der Waals surface area contributed by atoms with Crippen molar-refractivity contribution in [1.82, 2.24) is 5.32 Å². The summed E-state index contributed by atoms with van der Waals surface area (Å²) in [6.07, 6.45) is -0.533. The second-order valence-corrected chi connectivity index (χ2v) is 6.01. The van der Waals surface area contributed by atoms with Gasteiger partial charge in [-0.25, -0.2) is 0 Å². The molecule has 0 aliphatic carbocycles. The minimum Gasteiger partial charge on any atom is -0.406 e. The Morgan fingerprint density at radius 2 is 1.86 bits per heavy atom. The molecule has 116 valence electrons. The highest BCUT2D eigenvalue weighted by atomic mass is 19.4. The van der Waals surface area contributed by atoms with Crippen LogP contribution in [0.4, 0.5) is 13.2 Å². The molecule has 0 spiro atoms. The Kier molecular flexibility index (Phi) is 3.61. The van der Waals surface area contributed by atoms with Crippen LogP contribution in [-0.2, 0) is 5.60 Å². The highest BCUT2D eigenvalue weighted by Crippen LogP contribution is 2.40. The van der Waals surface area contributed by atoms with Crippen molar-refractivity contribution in [2.75, 3.05) is 0 Å². The lowest BCUT2D eigenvalue weighted by Crippen LogP contribution is -2.54. The van der Waals surface area contributed by atoms with Gasteiger partial charge in [-0.1, -0.05) is 18.6 Å². The zero-order valence-corrected chi connectivity index (χ0v) is 11.5. The van der Waals surface area contributed by atoms with Crippen molar-refractivity contribution in [3.05, 3.63) is 29.8 Å². The summed E-state index contributed by atoms with van der Waals surface area (Å²) in [5.74, 6) is -0.280. The van der Waals surface area contributed by atoms with Gasteiger partial charge in [-0.15, -0.1) is 13.2 Å². The molecule has 2 N–H and O–H groups in total. The molecular weight excluding hydrogens is 283 g/mol. The number of aliphatic hydroxyl groups is 1. The maximum atomic E-state index is 12.3. The van der Waals surface area contributed by atoms with Gasteiger partial charge in [0.2, 0.25) is 0 Å². The molecule has 0 aromatic heterocycles. The molecule has 2 aliphatic heterocycles. The van der Waals surface area contributed by atoms with Crippen LogP contribution in [0.1, 0.15) is 37.7 Å². The molecule has 3 nitrogen and oxygen atoms in total. The first-order chi connectivity index (χ1) is 9.84. The maximum Gasteiger partial charge on any atom is 0.573 e. The largest absolute Gasteiger partial charge is 0.573 e. The molecule has 2 heterocycles. The highest BCUT2D eigenvalue weighted by Gasteiger charge is 2.42. The zero-order chi connectivity index (χ0) is 15.1. The van der Waals surface area contributed by atoms with Crippen LogP contribution in [-0.4, -0.2) is 23.6 Å². The molecule has 1 aromatic carbocycles. The molecule has 2 atom stereocenters. The fourth-order valence-corrected chi connectivity index (χ4v) is 3.55. The molecule has 2 fully saturated rings. The SMILES string of the molecule is OC1(c2cccc(OC(F)(F)F)c2)CC2CCCC(C1)N2. The predicted molar refractivity (Wildman–Crippen MR) is 70.8 cm³/mol. The first-order valence-electron chi connectivity index (χ1n) is 7.19. The van der Waals surface area contributed by atoms with Crippen LogP contribution in [0, 0.1) is 0 Å². The molecule has 2 aliphatic rings. The van der Waals surface area contributed by atoms with Gasteiger partial charge in [-0.2, -0.15) is 0 Å². The normalized spacial score (nSPS) is 32.8.